The smallest absolute Gasteiger partial charge is 0.387 e. The fraction of sp³-hybridized carbons (Fsp3) is 0.429. The number of ether oxygens (including phenoxy) is 2. The van der Waals surface area contributed by atoms with E-state index in [1.54, 1.807) is 24.3 Å². The first kappa shape index (κ1) is 19.6. The second-order valence-corrected chi connectivity index (χ2v) is 7.14. The minimum atomic E-state index is -2.81. The number of fused-ring (bicyclic) bond motifs is 1. The van der Waals surface area contributed by atoms with Crippen molar-refractivity contribution in [3.63, 3.8) is 0 Å². The van der Waals surface area contributed by atoms with E-state index < -0.39 is 12.7 Å². The summed E-state index contributed by atoms with van der Waals surface area (Å²) < 4.78 is 34.8. The van der Waals surface area contributed by atoms with Crippen molar-refractivity contribution >= 4 is 0 Å². The van der Waals surface area contributed by atoms with Crippen LogP contribution in [0.4, 0.5) is 8.78 Å². The maximum absolute atomic E-state index is 12.3. The van der Waals surface area contributed by atoms with E-state index in [1.165, 1.54) is 0 Å². The summed E-state index contributed by atoms with van der Waals surface area (Å²) in [5, 5.41) is 10.3. The molecule has 2 aromatic carbocycles. The summed E-state index contributed by atoms with van der Waals surface area (Å²) in [4.78, 5) is 2.24. The topological polar surface area (TPSA) is 41.9 Å². The molecule has 1 atom stereocenters. The van der Waals surface area contributed by atoms with Crippen molar-refractivity contribution in [1.29, 1.82) is 0 Å². The van der Waals surface area contributed by atoms with Gasteiger partial charge in [-0.2, -0.15) is 8.78 Å². The zero-order valence-electron chi connectivity index (χ0n) is 15.6. The van der Waals surface area contributed by atoms with Crippen LogP contribution in [-0.4, -0.2) is 29.8 Å². The highest BCUT2D eigenvalue weighted by Gasteiger charge is 2.19. The fourth-order valence-corrected chi connectivity index (χ4v) is 3.21. The molecule has 0 radical (unpaired) electrons. The summed E-state index contributed by atoms with van der Waals surface area (Å²) >= 11 is 0. The maximum atomic E-state index is 12.3. The van der Waals surface area contributed by atoms with E-state index in [2.05, 4.69) is 9.64 Å². The Kier molecular flexibility index (Phi) is 6.29. The molecular weight excluding hydrogens is 352 g/mol. The van der Waals surface area contributed by atoms with Crippen LogP contribution in [0, 0.1) is 5.92 Å². The molecule has 1 heterocycles. The summed E-state index contributed by atoms with van der Waals surface area (Å²) in [5.74, 6) is 1.14. The van der Waals surface area contributed by atoms with E-state index in [0.29, 0.717) is 19.7 Å². The molecule has 27 heavy (non-hydrogen) atoms. The van der Waals surface area contributed by atoms with Crippen LogP contribution in [0.2, 0.25) is 0 Å². The third kappa shape index (κ3) is 5.17. The third-order valence-electron chi connectivity index (χ3n) is 4.67. The Morgan fingerprint density at radius 3 is 2.56 bits per heavy atom. The van der Waals surface area contributed by atoms with E-state index in [1.807, 2.05) is 32.0 Å². The molecule has 1 unspecified atom stereocenters. The van der Waals surface area contributed by atoms with Crippen molar-refractivity contribution in [2.45, 2.75) is 39.7 Å². The summed E-state index contributed by atoms with van der Waals surface area (Å²) in [5.41, 5.74) is 2.95. The van der Waals surface area contributed by atoms with Crippen LogP contribution in [0.5, 0.6) is 11.5 Å². The van der Waals surface area contributed by atoms with Crippen molar-refractivity contribution in [2.75, 3.05) is 13.2 Å². The lowest BCUT2D eigenvalue weighted by Crippen LogP contribution is -2.25. The quantitative estimate of drug-likeness (QED) is 0.812. The van der Waals surface area contributed by atoms with Crippen LogP contribution < -0.4 is 9.47 Å². The number of alkyl halides is 2. The molecule has 4 nitrogen and oxygen atoms in total. The van der Waals surface area contributed by atoms with Gasteiger partial charge in [-0.1, -0.05) is 32.0 Å². The molecule has 3 rings (SSSR count). The van der Waals surface area contributed by atoms with Gasteiger partial charge in [0.25, 0.3) is 0 Å². The lowest BCUT2D eigenvalue weighted by atomic mass is 9.97. The first-order chi connectivity index (χ1) is 12.9. The van der Waals surface area contributed by atoms with Gasteiger partial charge in [-0.3, -0.25) is 4.90 Å². The molecule has 0 bridgehead atoms. The molecular formula is C21H25F2NO3. The van der Waals surface area contributed by atoms with Crippen LogP contribution >= 0.6 is 0 Å². The minimum Gasteiger partial charge on any atom is -0.492 e. The van der Waals surface area contributed by atoms with Crippen molar-refractivity contribution in [3.8, 4) is 11.5 Å². The van der Waals surface area contributed by atoms with Gasteiger partial charge in [0, 0.05) is 25.2 Å². The highest BCUT2D eigenvalue weighted by molar-refractivity contribution is 5.39. The third-order valence-corrected chi connectivity index (χ3v) is 4.67. The standard InChI is InChI=1S/C21H25F2NO3/c1-14(2)20(25)16-5-8-19-17(11-16)13-24(9-10-26-19)12-15-3-6-18(7-4-15)27-21(22)23/h3-8,11,14,20-21,25H,9-10,12-13H2,1-2H3. The van der Waals surface area contributed by atoms with E-state index in [-0.39, 0.29) is 11.7 Å². The molecule has 2 aromatic rings. The zero-order chi connectivity index (χ0) is 19.4. The van der Waals surface area contributed by atoms with Gasteiger partial charge in [0.2, 0.25) is 0 Å². The lowest BCUT2D eigenvalue weighted by Gasteiger charge is -2.21. The van der Waals surface area contributed by atoms with Gasteiger partial charge in [-0.25, -0.2) is 0 Å². The summed E-state index contributed by atoms with van der Waals surface area (Å²) in [6.07, 6.45) is -0.505. The maximum Gasteiger partial charge on any atom is 0.387 e. The largest absolute Gasteiger partial charge is 0.492 e. The van der Waals surface area contributed by atoms with Crippen molar-refractivity contribution in [3.05, 3.63) is 59.2 Å². The van der Waals surface area contributed by atoms with Gasteiger partial charge in [0.15, 0.2) is 0 Å². The van der Waals surface area contributed by atoms with Crippen LogP contribution in [-0.2, 0) is 13.1 Å². The number of hydrogen-bond donors (Lipinski definition) is 1. The Morgan fingerprint density at radius 2 is 1.89 bits per heavy atom. The van der Waals surface area contributed by atoms with Crippen molar-refractivity contribution in [2.24, 2.45) is 5.92 Å². The van der Waals surface area contributed by atoms with Gasteiger partial charge in [-0.15, -0.1) is 0 Å². The SMILES string of the molecule is CC(C)C(O)c1ccc2c(c1)CN(Cc1ccc(OC(F)F)cc1)CCO2. The molecule has 0 aliphatic carbocycles. The minimum absolute atomic E-state index is 0.139. The molecule has 0 aromatic heterocycles. The van der Waals surface area contributed by atoms with E-state index in [9.17, 15) is 13.9 Å². The summed E-state index contributed by atoms with van der Waals surface area (Å²) in [6.45, 7) is 3.86. The van der Waals surface area contributed by atoms with Crippen LogP contribution in [0.1, 0.15) is 36.6 Å². The Bertz CT molecular complexity index is 750. The lowest BCUT2D eigenvalue weighted by molar-refractivity contribution is -0.0498. The molecule has 0 saturated heterocycles. The molecule has 146 valence electrons. The van der Waals surface area contributed by atoms with Gasteiger partial charge in [-0.05, 0) is 41.3 Å². The predicted molar refractivity (Wildman–Crippen MR) is 98.9 cm³/mol. The Labute approximate surface area is 158 Å². The Morgan fingerprint density at radius 1 is 1.15 bits per heavy atom. The zero-order valence-corrected chi connectivity index (χ0v) is 15.6. The number of benzene rings is 2. The molecule has 0 fully saturated rings. The molecule has 0 amide bonds. The highest BCUT2D eigenvalue weighted by Crippen LogP contribution is 2.30. The van der Waals surface area contributed by atoms with E-state index in [4.69, 9.17) is 4.74 Å². The molecule has 0 saturated carbocycles. The molecule has 1 aliphatic rings. The number of nitrogens with zero attached hydrogens (tertiary/aromatic N) is 1. The molecule has 1 aliphatic heterocycles. The van der Waals surface area contributed by atoms with Gasteiger partial charge < -0.3 is 14.6 Å². The van der Waals surface area contributed by atoms with Crippen LogP contribution in [0.15, 0.2) is 42.5 Å². The molecule has 0 spiro atoms. The van der Waals surface area contributed by atoms with E-state index in [0.717, 1.165) is 29.0 Å². The van der Waals surface area contributed by atoms with Crippen LogP contribution in [0.25, 0.3) is 0 Å². The van der Waals surface area contributed by atoms with Gasteiger partial charge >= 0.3 is 6.61 Å². The Balaban J connectivity index is 1.71. The van der Waals surface area contributed by atoms with E-state index >= 15 is 0 Å². The molecule has 6 heteroatoms. The van der Waals surface area contributed by atoms with Gasteiger partial charge in [0.1, 0.15) is 18.1 Å². The second kappa shape index (κ2) is 8.67. The number of halogens is 2. The monoisotopic (exact) mass is 377 g/mol. The van der Waals surface area contributed by atoms with Crippen LogP contribution in [0.3, 0.4) is 0 Å². The molecule has 1 N–H and O–H groups in total. The number of aliphatic hydroxyl groups is 1. The van der Waals surface area contributed by atoms with Crippen molar-refractivity contribution in [1.82, 2.24) is 4.90 Å². The Hall–Kier alpha value is -2.18. The van der Waals surface area contributed by atoms with Crippen molar-refractivity contribution < 1.29 is 23.4 Å². The predicted octanol–water partition coefficient (Wildman–Crippen LogP) is 4.37. The normalized spacial score (nSPS) is 16.0. The first-order valence-electron chi connectivity index (χ1n) is 9.12. The average Bonchev–Trinajstić information content (AvgIpc) is 2.83. The average molecular weight is 377 g/mol. The number of hydrogen-bond acceptors (Lipinski definition) is 4. The highest BCUT2D eigenvalue weighted by atomic mass is 19.3. The second-order valence-electron chi connectivity index (χ2n) is 7.14. The fourth-order valence-electron chi connectivity index (χ4n) is 3.21. The first-order valence-corrected chi connectivity index (χ1v) is 9.12. The number of aliphatic hydroxyl groups excluding tert-OH is 1. The number of rotatable bonds is 6. The summed E-state index contributed by atoms with van der Waals surface area (Å²) in [6, 6.07) is 12.6. The summed E-state index contributed by atoms with van der Waals surface area (Å²) in [7, 11) is 0. The van der Waals surface area contributed by atoms with Gasteiger partial charge in [0.05, 0.1) is 6.10 Å².